The maximum absolute atomic E-state index is 4.28. The molecular formula is C8H13IN2. The zero-order chi connectivity index (χ0) is 8.65. The number of aryl methyl sites for hydroxylation is 1. The van der Waals surface area contributed by atoms with Gasteiger partial charge in [-0.05, 0) is 28.0 Å². The minimum Gasteiger partial charge on any atom is -0.274 e. The van der Waals surface area contributed by atoms with Crippen LogP contribution in [0, 0.1) is 3.70 Å². The van der Waals surface area contributed by atoms with Crippen LogP contribution in [0.4, 0.5) is 0 Å². The van der Waals surface area contributed by atoms with E-state index in [1.807, 2.05) is 11.7 Å². The van der Waals surface area contributed by atoms with Crippen LogP contribution in [0.2, 0.25) is 0 Å². The molecule has 0 amide bonds. The van der Waals surface area contributed by atoms with Gasteiger partial charge in [0.25, 0.3) is 0 Å². The van der Waals surface area contributed by atoms with Crippen molar-refractivity contribution in [2.75, 3.05) is 0 Å². The molecule has 1 aromatic heterocycles. The van der Waals surface area contributed by atoms with Gasteiger partial charge in [-0.25, -0.2) is 0 Å². The molecule has 0 aliphatic rings. The van der Waals surface area contributed by atoms with E-state index >= 15 is 0 Å². The quantitative estimate of drug-likeness (QED) is 0.657. The molecule has 1 rings (SSSR count). The third-order valence-electron chi connectivity index (χ3n) is 1.59. The van der Waals surface area contributed by atoms with E-state index in [9.17, 15) is 0 Å². The molecule has 0 unspecified atom stereocenters. The van der Waals surface area contributed by atoms with Crippen LogP contribution in [0.3, 0.4) is 0 Å². The molecule has 0 aliphatic heterocycles. The molecule has 0 N–H and O–H groups in total. The molecule has 2 nitrogen and oxygen atoms in total. The Morgan fingerprint density at radius 2 is 2.00 bits per heavy atom. The molecule has 0 fully saturated rings. The summed E-state index contributed by atoms with van der Waals surface area (Å²) >= 11 is 2.27. The van der Waals surface area contributed by atoms with Gasteiger partial charge in [-0.1, -0.05) is 20.8 Å². The van der Waals surface area contributed by atoms with E-state index in [1.54, 1.807) is 0 Å². The van der Waals surface area contributed by atoms with Crippen molar-refractivity contribution in [3.8, 4) is 0 Å². The van der Waals surface area contributed by atoms with Crippen LogP contribution >= 0.6 is 22.6 Å². The molecule has 1 heterocycles. The monoisotopic (exact) mass is 264 g/mol. The lowest BCUT2D eigenvalue weighted by molar-refractivity contribution is 0.586. The largest absolute Gasteiger partial charge is 0.274 e. The number of rotatable bonds is 0. The molecule has 0 bridgehead atoms. The first-order valence-corrected chi connectivity index (χ1v) is 4.69. The van der Waals surface area contributed by atoms with Gasteiger partial charge in [-0.2, -0.15) is 5.10 Å². The Morgan fingerprint density at radius 1 is 1.45 bits per heavy atom. The second-order valence-electron chi connectivity index (χ2n) is 3.76. The smallest absolute Gasteiger partial charge is 0.127 e. The summed E-state index contributed by atoms with van der Waals surface area (Å²) in [6.07, 6.45) is 2.09. The average molecular weight is 264 g/mol. The fraction of sp³-hybridized carbons (Fsp3) is 0.625. The van der Waals surface area contributed by atoms with Gasteiger partial charge in [0.2, 0.25) is 0 Å². The van der Waals surface area contributed by atoms with Crippen molar-refractivity contribution in [1.29, 1.82) is 0 Å². The summed E-state index contributed by atoms with van der Waals surface area (Å²) in [6.45, 7) is 6.60. The topological polar surface area (TPSA) is 17.8 Å². The Morgan fingerprint density at radius 3 is 2.18 bits per heavy atom. The zero-order valence-electron chi connectivity index (χ0n) is 7.35. The third kappa shape index (κ3) is 1.95. The number of nitrogens with zero attached hydrogens (tertiary/aromatic N) is 2. The molecule has 0 radical (unpaired) electrons. The van der Waals surface area contributed by atoms with Crippen LogP contribution in [0.15, 0.2) is 6.20 Å². The van der Waals surface area contributed by atoms with Crippen molar-refractivity contribution in [3.63, 3.8) is 0 Å². The van der Waals surface area contributed by atoms with Crippen LogP contribution in [0.5, 0.6) is 0 Å². The average Bonchev–Trinajstić information content (AvgIpc) is 2.08. The van der Waals surface area contributed by atoms with Gasteiger partial charge < -0.3 is 0 Å². The Labute approximate surface area is 81.1 Å². The molecule has 0 saturated carbocycles. The second-order valence-corrected chi connectivity index (χ2v) is 4.78. The summed E-state index contributed by atoms with van der Waals surface area (Å²) in [5.74, 6) is 0. The maximum atomic E-state index is 4.28. The van der Waals surface area contributed by atoms with E-state index in [0.717, 1.165) is 3.70 Å². The Balaban J connectivity index is 3.13. The highest BCUT2D eigenvalue weighted by Crippen LogP contribution is 2.25. The molecule has 11 heavy (non-hydrogen) atoms. The fourth-order valence-electron chi connectivity index (χ4n) is 0.964. The van der Waals surface area contributed by atoms with Crippen LogP contribution in [0.1, 0.15) is 26.3 Å². The Kier molecular flexibility index (Phi) is 2.27. The van der Waals surface area contributed by atoms with E-state index in [4.69, 9.17) is 0 Å². The van der Waals surface area contributed by atoms with Crippen LogP contribution < -0.4 is 0 Å². The van der Waals surface area contributed by atoms with Gasteiger partial charge in [-0.15, -0.1) is 0 Å². The summed E-state index contributed by atoms with van der Waals surface area (Å²) in [6, 6.07) is 0. The maximum Gasteiger partial charge on any atom is 0.127 e. The SMILES string of the molecule is Cn1cc(C(C)(C)C)c(I)n1. The lowest BCUT2D eigenvalue weighted by Crippen LogP contribution is -2.11. The van der Waals surface area contributed by atoms with Crippen LogP contribution in [0.25, 0.3) is 0 Å². The zero-order valence-corrected chi connectivity index (χ0v) is 9.51. The number of halogens is 1. The minimum absolute atomic E-state index is 0.213. The minimum atomic E-state index is 0.213. The van der Waals surface area contributed by atoms with Gasteiger partial charge in [0.05, 0.1) is 0 Å². The first-order valence-electron chi connectivity index (χ1n) is 3.61. The predicted molar refractivity (Wildman–Crippen MR) is 54.6 cm³/mol. The van der Waals surface area contributed by atoms with Crippen LogP contribution in [-0.4, -0.2) is 9.78 Å². The molecule has 0 aliphatic carbocycles. The highest BCUT2D eigenvalue weighted by atomic mass is 127. The van der Waals surface area contributed by atoms with Crippen molar-refractivity contribution in [2.45, 2.75) is 26.2 Å². The summed E-state index contributed by atoms with van der Waals surface area (Å²) in [5.41, 5.74) is 1.53. The van der Waals surface area contributed by atoms with Gasteiger partial charge in [0.1, 0.15) is 3.70 Å². The molecule has 0 atom stereocenters. The fourth-order valence-corrected chi connectivity index (χ4v) is 2.25. The van der Waals surface area contributed by atoms with Gasteiger partial charge in [0.15, 0.2) is 0 Å². The van der Waals surface area contributed by atoms with Crippen LogP contribution in [-0.2, 0) is 12.5 Å². The molecule has 1 aromatic rings. The first-order chi connectivity index (χ1) is 4.91. The predicted octanol–water partition coefficient (Wildman–Crippen LogP) is 2.32. The summed E-state index contributed by atoms with van der Waals surface area (Å²) in [7, 11) is 1.96. The van der Waals surface area contributed by atoms with Crippen molar-refractivity contribution < 1.29 is 0 Å². The van der Waals surface area contributed by atoms with E-state index in [1.165, 1.54) is 5.56 Å². The van der Waals surface area contributed by atoms with E-state index in [0.29, 0.717) is 0 Å². The number of aromatic nitrogens is 2. The number of hydrogen-bond donors (Lipinski definition) is 0. The van der Waals surface area contributed by atoms with Gasteiger partial charge >= 0.3 is 0 Å². The third-order valence-corrected chi connectivity index (χ3v) is 2.39. The second kappa shape index (κ2) is 2.77. The normalized spacial score (nSPS) is 12.1. The standard InChI is InChI=1S/C8H13IN2/c1-8(2,3)6-5-11(4)10-7(6)9/h5H,1-4H3. The molecular weight excluding hydrogens is 251 g/mol. The summed E-state index contributed by atoms with van der Waals surface area (Å²) in [5, 5.41) is 4.28. The molecule has 0 aromatic carbocycles. The highest BCUT2D eigenvalue weighted by Gasteiger charge is 2.19. The highest BCUT2D eigenvalue weighted by molar-refractivity contribution is 14.1. The summed E-state index contributed by atoms with van der Waals surface area (Å²) < 4.78 is 2.97. The van der Waals surface area contributed by atoms with Crippen molar-refractivity contribution >= 4 is 22.6 Å². The Bertz CT molecular complexity index is 258. The molecule has 0 spiro atoms. The van der Waals surface area contributed by atoms with Crippen molar-refractivity contribution in [1.82, 2.24) is 9.78 Å². The molecule has 62 valence electrons. The van der Waals surface area contributed by atoms with E-state index in [2.05, 4.69) is 54.7 Å². The van der Waals surface area contributed by atoms with Gasteiger partial charge in [-0.3, -0.25) is 4.68 Å². The first kappa shape index (κ1) is 9.03. The molecule has 0 saturated heterocycles. The summed E-state index contributed by atoms with van der Waals surface area (Å²) in [4.78, 5) is 0. The van der Waals surface area contributed by atoms with E-state index < -0.39 is 0 Å². The van der Waals surface area contributed by atoms with Crippen molar-refractivity contribution in [2.24, 2.45) is 7.05 Å². The number of hydrogen-bond acceptors (Lipinski definition) is 1. The lowest BCUT2D eigenvalue weighted by atomic mass is 9.90. The van der Waals surface area contributed by atoms with Crippen molar-refractivity contribution in [3.05, 3.63) is 15.5 Å². The molecule has 3 heteroatoms. The lowest BCUT2D eigenvalue weighted by Gasteiger charge is -2.16. The van der Waals surface area contributed by atoms with E-state index in [-0.39, 0.29) is 5.41 Å². The Hall–Kier alpha value is -0.0600. The van der Waals surface area contributed by atoms with Gasteiger partial charge in [0, 0.05) is 18.8 Å².